The molecule has 3 nitrogen and oxygen atoms in total. The highest BCUT2D eigenvalue weighted by Gasteiger charge is 2.43. The van der Waals surface area contributed by atoms with Crippen molar-refractivity contribution in [3.63, 3.8) is 0 Å². The number of rotatable bonds is 6. The smallest absolute Gasteiger partial charge is 0.227 e. The quantitative estimate of drug-likeness (QED) is 0.762. The minimum Gasteiger partial charge on any atom is -0.355 e. The fourth-order valence-electron chi connectivity index (χ4n) is 3.25. The summed E-state index contributed by atoms with van der Waals surface area (Å²) in [5.74, 6) is 0.302. The summed E-state index contributed by atoms with van der Waals surface area (Å²) in [7, 11) is 0. The SMILES string of the molecule is CCCC1(C(=O)NCC2(CC)CC2)CCCNC1. The number of amides is 1. The first-order valence-electron chi connectivity index (χ1n) is 7.65. The predicted octanol–water partition coefficient (Wildman–Crippen LogP) is 2.46. The van der Waals surface area contributed by atoms with Crippen LogP contribution in [0.4, 0.5) is 0 Å². The van der Waals surface area contributed by atoms with Crippen LogP contribution in [0.3, 0.4) is 0 Å². The molecule has 1 unspecified atom stereocenters. The van der Waals surface area contributed by atoms with Gasteiger partial charge in [-0.2, -0.15) is 0 Å². The Morgan fingerprint density at radius 2 is 2.06 bits per heavy atom. The van der Waals surface area contributed by atoms with Crippen LogP contribution in [-0.4, -0.2) is 25.5 Å². The molecule has 2 aliphatic rings. The summed E-state index contributed by atoms with van der Waals surface area (Å²) in [5.41, 5.74) is 0.321. The average Bonchev–Trinajstić information content (AvgIpc) is 3.18. The monoisotopic (exact) mass is 252 g/mol. The van der Waals surface area contributed by atoms with Crippen molar-refractivity contribution in [1.29, 1.82) is 0 Å². The largest absolute Gasteiger partial charge is 0.355 e. The molecule has 104 valence electrons. The van der Waals surface area contributed by atoms with Crippen LogP contribution in [0.5, 0.6) is 0 Å². The molecule has 3 heteroatoms. The Hall–Kier alpha value is -0.570. The van der Waals surface area contributed by atoms with Crippen molar-refractivity contribution in [2.24, 2.45) is 10.8 Å². The zero-order valence-corrected chi connectivity index (χ0v) is 12.0. The standard InChI is InChI=1S/C15H28N2O/c1-3-6-15(7-5-10-16-12-15)13(18)17-11-14(4-2)8-9-14/h16H,3-12H2,1-2H3,(H,17,18). The van der Waals surface area contributed by atoms with Crippen molar-refractivity contribution in [3.05, 3.63) is 0 Å². The van der Waals surface area contributed by atoms with Gasteiger partial charge in [0.25, 0.3) is 0 Å². The lowest BCUT2D eigenvalue weighted by molar-refractivity contribution is -0.132. The van der Waals surface area contributed by atoms with E-state index in [4.69, 9.17) is 0 Å². The molecule has 1 heterocycles. The molecule has 1 amide bonds. The Morgan fingerprint density at radius 1 is 1.28 bits per heavy atom. The third kappa shape index (κ3) is 2.87. The van der Waals surface area contributed by atoms with E-state index in [-0.39, 0.29) is 5.41 Å². The zero-order chi connectivity index (χ0) is 13.1. The summed E-state index contributed by atoms with van der Waals surface area (Å²) in [6, 6.07) is 0. The van der Waals surface area contributed by atoms with Crippen molar-refractivity contribution < 1.29 is 4.79 Å². The fraction of sp³-hybridized carbons (Fsp3) is 0.933. The maximum Gasteiger partial charge on any atom is 0.227 e. The van der Waals surface area contributed by atoms with E-state index < -0.39 is 0 Å². The molecule has 1 atom stereocenters. The van der Waals surface area contributed by atoms with E-state index >= 15 is 0 Å². The van der Waals surface area contributed by atoms with Gasteiger partial charge in [0, 0.05) is 13.1 Å². The molecule has 0 radical (unpaired) electrons. The first-order valence-corrected chi connectivity index (χ1v) is 7.65. The van der Waals surface area contributed by atoms with E-state index in [1.165, 1.54) is 19.3 Å². The molecule has 0 spiro atoms. The molecule has 2 N–H and O–H groups in total. The maximum absolute atomic E-state index is 12.5. The molecule has 0 aromatic heterocycles. The van der Waals surface area contributed by atoms with Crippen LogP contribution in [0.2, 0.25) is 0 Å². The first kappa shape index (κ1) is 13.9. The van der Waals surface area contributed by atoms with Crippen molar-refractivity contribution in [2.45, 2.75) is 58.8 Å². The van der Waals surface area contributed by atoms with Crippen molar-refractivity contribution >= 4 is 5.91 Å². The number of hydrogen-bond donors (Lipinski definition) is 2. The highest BCUT2D eigenvalue weighted by Crippen LogP contribution is 2.48. The average molecular weight is 252 g/mol. The van der Waals surface area contributed by atoms with Crippen LogP contribution < -0.4 is 10.6 Å². The first-order chi connectivity index (χ1) is 8.66. The van der Waals surface area contributed by atoms with Crippen LogP contribution in [0.1, 0.15) is 58.8 Å². The highest BCUT2D eigenvalue weighted by atomic mass is 16.2. The Bertz CT molecular complexity index is 285. The summed E-state index contributed by atoms with van der Waals surface area (Å²) < 4.78 is 0. The number of nitrogens with one attached hydrogen (secondary N) is 2. The van der Waals surface area contributed by atoms with Gasteiger partial charge in [-0.15, -0.1) is 0 Å². The Labute approximate surface area is 111 Å². The topological polar surface area (TPSA) is 41.1 Å². The number of carbonyl (C=O) groups is 1. The lowest BCUT2D eigenvalue weighted by atomic mass is 9.76. The van der Waals surface area contributed by atoms with Crippen LogP contribution in [-0.2, 0) is 4.79 Å². The van der Waals surface area contributed by atoms with Gasteiger partial charge in [-0.25, -0.2) is 0 Å². The van der Waals surface area contributed by atoms with E-state index in [2.05, 4.69) is 24.5 Å². The second-order valence-corrected chi connectivity index (χ2v) is 6.35. The summed E-state index contributed by atoms with van der Waals surface area (Å²) in [5, 5.41) is 6.66. The van der Waals surface area contributed by atoms with E-state index in [0.29, 0.717) is 11.3 Å². The molecule has 2 fully saturated rings. The molecule has 0 bridgehead atoms. The van der Waals surface area contributed by atoms with Gasteiger partial charge in [-0.1, -0.05) is 20.3 Å². The van der Waals surface area contributed by atoms with Gasteiger partial charge in [-0.05, 0) is 50.5 Å². The van der Waals surface area contributed by atoms with Crippen LogP contribution in [0.15, 0.2) is 0 Å². The lowest BCUT2D eigenvalue weighted by Crippen LogP contribution is -2.51. The third-order valence-electron chi connectivity index (χ3n) is 5.01. The summed E-state index contributed by atoms with van der Waals surface area (Å²) in [6.45, 7) is 7.25. The Kier molecular flexibility index (Phi) is 4.31. The fourth-order valence-corrected chi connectivity index (χ4v) is 3.25. The molecule has 2 rings (SSSR count). The summed E-state index contributed by atoms with van der Waals surface area (Å²) in [4.78, 5) is 12.5. The van der Waals surface area contributed by atoms with Gasteiger partial charge in [0.2, 0.25) is 5.91 Å². The van der Waals surface area contributed by atoms with E-state index in [9.17, 15) is 4.79 Å². The molecule has 1 aliphatic carbocycles. The normalized spacial score (nSPS) is 29.9. The molecule has 0 aromatic rings. The number of piperidine rings is 1. The van der Waals surface area contributed by atoms with Crippen LogP contribution in [0.25, 0.3) is 0 Å². The molecule has 0 aromatic carbocycles. The Balaban J connectivity index is 1.91. The second-order valence-electron chi connectivity index (χ2n) is 6.35. The van der Waals surface area contributed by atoms with Gasteiger partial charge < -0.3 is 10.6 Å². The minimum absolute atomic E-state index is 0.128. The van der Waals surface area contributed by atoms with Gasteiger partial charge in [0.15, 0.2) is 0 Å². The summed E-state index contributed by atoms with van der Waals surface area (Å²) in [6.07, 6.45) is 8.09. The summed E-state index contributed by atoms with van der Waals surface area (Å²) >= 11 is 0. The second kappa shape index (κ2) is 5.60. The molecule has 1 aliphatic heterocycles. The minimum atomic E-state index is -0.128. The molecule has 1 saturated carbocycles. The van der Waals surface area contributed by atoms with E-state index in [1.54, 1.807) is 0 Å². The van der Waals surface area contributed by atoms with Gasteiger partial charge >= 0.3 is 0 Å². The lowest BCUT2D eigenvalue weighted by Gasteiger charge is -2.36. The van der Waals surface area contributed by atoms with E-state index in [1.807, 2.05) is 0 Å². The molecular weight excluding hydrogens is 224 g/mol. The maximum atomic E-state index is 12.5. The molecule has 1 saturated heterocycles. The van der Waals surface area contributed by atoms with Gasteiger partial charge in [0.1, 0.15) is 0 Å². The van der Waals surface area contributed by atoms with Gasteiger partial charge in [0.05, 0.1) is 5.41 Å². The number of carbonyl (C=O) groups excluding carboxylic acids is 1. The van der Waals surface area contributed by atoms with E-state index in [0.717, 1.165) is 45.3 Å². The Morgan fingerprint density at radius 3 is 2.56 bits per heavy atom. The van der Waals surface area contributed by atoms with Crippen molar-refractivity contribution in [3.8, 4) is 0 Å². The predicted molar refractivity (Wildman–Crippen MR) is 74.4 cm³/mol. The number of hydrogen-bond acceptors (Lipinski definition) is 2. The van der Waals surface area contributed by atoms with Crippen molar-refractivity contribution in [2.75, 3.05) is 19.6 Å². The van der Waals surface area contributed by atoms with Gasteiger partial charge in [-0.3, -0.25) is 4.79 Å². The van der Waals surface area contributed by atoms with Crippen LogP contribution >= 0.6 is 0 Å². The zero-order valence-electron chi connectivity index (χ0n) is 12.0. The van der Waals surface area contributed by atoms with Crippen molar-refractivity contribution in [1.82, 2.24) is 10.6 Å². The molecular formula is C15H28N2O. The highest BCUT2D eigenvalue weighted by molar-refractivity contribution is 5.83. The third-order valence-corrected chi connectivity index (χ3v) is 5.01. The van der Waals surface area contributed by atoms with Crippen LogP contribution in [0, 0.1) is 10.8 Å². The molecule has 18 heavy (non-hydrogen) atoms.